The summed E-state index contributed by atoms with van der Waals surface area (Å²) >= 11 is 0. The number of likely N-dealkylation sites (N-methyl/N-ethyl adjacent to an activating group) is 1. The van der Waals surface area contributed by atoms with Gasteiger partial charge in [0.05, 0.1) is 19.2 Å². The van der Waals surface area contributed by atoms with E-state index in [1.165, 1.54) is 0 Å². The van der Waals surface area contributed by atoms with Crippen molar-refractivity contribution in [2.45, 2.75) is 38.3 Å². The van der Waals surface area contributed by atoms with Crippen molar-refractivity contribution in [3.05, 3.63) is 11.7 Å². The van der Waals surface area contributed by atoms with Crippen molar-refractivity contribution in [2.24, 2.45) is 0 Å². The molecule has 0 radical (unpaired) electrons. The molecule has 0 spiro atoms. The van der Waals surface area contributed by atoms with Crippen LogP contribution >= 0.6 is 0 Å². The monoisotopic (exact) mass is 397 g/mol. The van der Waals surface area contributed by atoms with E-state index in [2.05, 4.69) is 27.0 Å². The average molecular weight is 397 g/mol. The van der Waals surface area contributed by atoms with Crippen molar-refractivity contribution in [3.63, 3.8) is 0 Å². The largest absolute Gasteiger partial charge is 0.483 e. The predicted octanol–water partition coefficient (Wildman–Crippen LogP) is 0.0878. The highest BCUT2D eigenvalue weighted by molar-refractivity contribution is 5.82. The van der Waals surface area contributed by atoms with E-state index in [4.69, 9.17) is 19.2 Å². The minimum Gasteiger partial charge on any atom is -0.483 e. The molecule has 1 aromatic heterocycles. The summed E-state index contributed by atoms with van der Waals surface area (Å²) in [6.07, 6.45) is 3.75. The minimum atomic E-state index is -0.250. The van der Waals surface area contributed by atoms with Crippen molar-refractivity contribution in [1.82, 2.24) is 24.8 Å². The summed E-state index contributed by atoms with van der Waals surface area (Å²) in [6.45, 7) is 5.41. The maximum atomic E-state index is 12.7. The van der Waals surface area contributed by atoms with Gasteiger partial charge in [-0.3, -0.25) is 19.4 Å². The van der Waals surface area contributed by atoms with Crippen LogP contribution in [0.5, 0.6) is 0 Å². The number of rotatable bonds is 6. The first kappa shape index (κ1) is 22.3. The van der Waals surface area contributed by atoms with Crippen LogP contribution in [0.1, 0.15) is 31.0 Å². The number of nitrogens with zero attached hydrogens (tertiary/aromatic N) is 5. The quantitative estimate of drug-likeness (QED) is 0.667. The van der Waals surface area contributed by atoms with E-state index in [0.29, 0.717) is 37.2 Å². The molecule has 3 rings (SSSR count). The summed E-state index contributed by atoms with van der Waals surface area (Å²) in [5.74, 6) is 1.62. The van der Waals surface area contributed by atoms with Gasteiger partial charge in [-0.1, -0.05) is 5.16 Å². The van der Waals surface area contributed by atoms with E-state index in [1.807, 2.05) is 4.90 Å². The Morgan fingerprint density at radius 1 is 1.29 bits per heavy atom. The minimum absolute atomic E-state index is 0.0748. The predicted molar refractivity (Wildman–Crippen MR) is 101 cm³/mol. The first-order valence-corrected chi connectivity index (χ1v) is 9.68. The van der Waals surface area contributed by atoms with Gasteiger partial charge in [0.1, 0.15) is 0 Å². The van der Waals surface area contributed by atoms with E-state index < -0.39 is 0 Å². The molecule has 0 unspecified atom stereocenters. The molecule has 2 aliphatic heterocycles. The zero-order valence-corrected chi connectivity index (χ0v) is 16.7. The molecule has 2 saturated heterocycles. The molecule has 1 aromatic rings. The van der Waals surface area contributed by atoms with Crippen LogP contribution in [0.25, 0.3) is 0 Å². The number of amides is 1. The van der Waals surface area contributed by atoms with Gasteiger partial charge >= 0.3 is 0 Å². The normalized spacial score (nSPS) is 21.1. The number of carbonyl (C=O) groups is 2. The van der Waals surface area contributed by atoms with E-state index in [1.54, 1.807) is 7.11 Å². The highest BCUT2D eigenvalue weighted by Crippen LogP contribution is 2.18. The van der Waals surface area contributed by atoms with Crippen LogP contribution < -0.4 is 0 Å². The molecule has 0 saturated carbocycles. The Morgan fingerprint density at radius 2 is 2.07 bits per heavy atom. The lowest BCUT2D eigenvalue weighted by molar-refractivity contribution is -0.135. The number of methoxy groups -OCH3 is 1. The van der Waals surface area contributed by atoms with Gasteiger partial charge in [0.2, 0.25) is 11.8 Å². The van der Waals surface area contributed by atoms with E-state index in [9.17, 15) is 4.79 Å². The second kappa shape index (κ2) is 11.7. The molecule has 10 nitrogen and oxygen atoms in total. The van der Waals surface area contributed by atoms with E-state index in [0.717, 1.165) is 52.0 Å². The van der Waals surface area contributed by atoms with Gasteiger partial charge in [-0.25, -0.2) is 0 Å². The zero-order chi connectivity index (χ0) is 20.4. The first-order chi connectivity index (χ1) is 13.6. The van der Waals surface area contributed by atoms with Crippen LogP contribution in [0.4, 0.5) is 0 Å². The zero-order valence-electron chi connectivity index (χ0n) is 16.7. The van der Waals surface area contributed by atoms with Gasteiger partial charge in [0.25, 0.3) is 6.47 Å². The fraction of sp³-hybridized carbons (Fsp3) is 0.778. The number of carbonyl (C=O) groups excluding carboxylic acids is 1. The lowest BCUT2D eigenvalue weighted by Crippen LogP contribution is -2.45. The Bertz CT molecular complexity index is 611. The molecule has 0 aromatic carbocycles. The van der Waals surface area contributed by atoms with Crippen molar-refractivity contribution < 1.29 is 24.0 Å². The molecule has 28 heavy (non-hydrogen) atoms. The molecule has 3 heterocycles. The first-order valence-electron chi connectivity index (χ1n) is 9.68. The molecule has 158 valence electrons. The summed E-state index contributed by atoms with van der Waals surface area (Å²) in [4.78, 5) is 32.0. The molecule has 1 N–H and O–H groups in total. The number of aromatic nitrogens is 2. The molecule has 1 amide bonds. The van der Waals surface area contributed by atoms with Gasteiger partial charge in [0.15, 0.2) is 5.82 Å². The van der Waals surface area contributed by atoms with Crippen molar-refractivity contribution in [3.8, 4) is 0 Å². The molecular formula is C18H31N5O5. The third-order valence-corrected chi connectivity index (χ3v) is 5.10. The third kappa shape index (κ3) is 6.54. The fourth-order valence-electron chi connectivity index (χ4n) is 3.62. The molecule has 2 fully saturated rings. The lowest BCUT2D eigenvalue weighted by Gasteiger charge is -2.27. The van der Waals surface area contributed by atoms with E-state index in [-0.39, 0.29) is 12.5 Å². The maximum absolute atomic E-state index is 12.7. The van der Waals surface area contributed by atoms with Crippen molar-refractivity contribution >= 4 is 12.4 Å². The SMILES string of the molecule is COCCc1noc(CN2CCCN(C(=O)[C@@H]3CCCN3C)CC2)n1.O=CO. The Kier molecular flexibility index (Phi) is 9.32. The van der Waals surface area contributed by atoms with Crippen LogP contribution in [0.3, 0.4) is 0 Å². The van der Waals surface area contributed by atoms with Crippen LogP contribution in [0.2, 0.25) is 0 Å². The summed E-state index contributed by atoms with van der Waals surface area (Å²) in [7, 11) is 3.71. The summed E-state index contributed by atoms with van der Waals surface area (Å²) in [5, 5.41) is 10.9. The van der Waals surface area contributed by atoms with Crippen LogP contribution in [0, 0.1) is 0 Å². The Hall–Kier alpha value is -2.04. The standard InChI is InChI=1S/C17H29N5O3.CH2O2/c1-20-7-3-5-14(20)17(23)22-9-4-8-21(10-11-22)13-16-18-15(19-25-16)6-12-24-2;2-1-3/h14H,3-13H2,1-2H3;1H,(H,2,3)/t14-;/m0./s1. The molecule has 10 heteroatoms. The smallest absolute Gasteiger partial charge is 0.290 e. The van der Waals surface area contributed by atoms with E-state index >= 15 is 0 Å². The van der Waals surface area contributed by atoms with Gasteiger partial charge < -0.3 is 19.3 Å². The molecule has 2 aliphatic rings. The van der Waals surface area contributed by atoms with Gasteiger partial charge in [0, 0.05) is 39.7 Å². The summed E-state index contributed by atoms with van der Waals surface area (Å²) < 4.78 is 10.4. The highest BCUT2D eigenvalue weighted by atomic mass is 16.5. The Labute approximate surface area is 165 Å². The Morgan fingerprint density at radius 3 is 2.75 bits per heavy atom. The summed E-state index contributed by atoms with van der Waals surface area (Å²) in [6, 6.07) is 0.0748. The number of hydrogen-bond donors (Lipinski definition) is 1. The number of carboxylic acid groups (broad SMARTS) is 1. The summed E-state index contributed by atoms with van der Waals surface area (Å²) in [5.41, 5.74) is 0. The second-order valence-corrected chi connectivity index (χ2v) is 7.05. The lowest BCUT2D eigenvalue weighted by atomic mass is 10.2. The van der Waals surface area contributed by atoms with Gasteiger partial charge in [-0.2, -0.15) is 4.98 Å². The number of hydrogen-bond acceptors (Lipinski definition) is 8. The Balaban J connectivity index is 0.000000878. The van der Waals surface area contributed by atoms with Crippen LogP contribution in [-0.2, 0) is 27.3 Å². The van der Waals surface area contributed by atoms with Gasteiger partial charge in [-0.15, -0.1) is 0 Å². The molecule has 1 atom stereocenters. The third-order valence-electron chi connectivity index (χ3n) is 5.10. The number of ether oxygens (including phenoxy) is 1. The maximum Gasteiger partial charge on any atom is 0.290 e. The highest BCUT2D eigenvalue weighted by Gasteiger charge is 2.32. The fourth-order valence-corrected chi connectivity index (χ4v) is 3.62. The molecular weight excluding hydrogens is 366 g/mol. The van der Waals surface area contributed by atoms with Crippen LogP contribution in [0.15, 0.2) is 4.52 Å². The van der Waals surface area contributed by atoms with Crippen molar-refractivity contribution in [1.29, 1.82) is 0 Å². The number of likely N-dealkylation sites (tertiary alicyclic amines) is 1. The second-order valence-electron chi connectivity index (χ2n) is 7.05. The topological polar surface area (TPSA) is 112 Å². The molecule has 0 bridgehead atoms. The molecule has 0 aliphatic carbocycles. The van der Waals surface area contributed by atoms with Gasteiger partial charge in [-0.05, 0) is 32.9 Å². The van der Waals surface area contributed by atoms with Crippen molar-refractivity contribution in [2.75, 3.05) is 53.5 Å². The van der Waals surface area contributed by atoms with Crippen LogP contribution in [-0.4, -0.2) is 102 Å². The average Bonchev–Trinajstić information content (AvgIpc) is 3.24.